The molecule has 7 nitrogen and oxygen atoms in total. The molecular formula is C19H22N2O5S. The van der Waals surface area contributed by atoms with Crippen LogP contribution in [0.5, 0.6) is 11.5 Å². The van der Waals surface area contributed by atoms with Crippen LogP contribution in [0, 0.1) is 6.92 Å². The van der Waals surface area contributed by atoms with Gasteiger partial charge in [0, 0.05) is 32.6 Å². The lowest BCUT2D eigenvalue weighted by atomic mass is 10.1. The van der Waals surface area contributed by atoms with Gasteiger partial charge in [-0.05, 0) is 24.6 Å². The van der Waals surface area contributed by atoms with Crippen LogP contribution in [-0.2, 0) is 21.4 Å². The monoisotopic (exact) mass is 390 g/mol. The summed E-state index contributed by atoms with van der Waals surface area (Å²) >= 11 is 0. The van der Waals surface area contributed by atoms with E-state index in [-0.39, 0.29) is 30.7 Å². The Kier molecular flexibility index (Phi) is 5.67. The predicted molar refractivity (Wildman–Crippen MR) is 100 cm³/mol. The Balaban J connectivity index is 1.60. The number of hydrogen-bond acceptors (Lipinski definition) is 5. The molecule has 1 N–H and O–H groups in total. The first-order valence-electron chi connectivity index (χ1n) is 8.55. The maximum atomic E-state index is 12.5. The van der Waals surface area contributed by atoms with Crippen LogP contribution < -0.4 is 14.2 Å². The van der Waals surface area contributed by atoms with Crippen LogP contribution in [0.2, 0.25) is 0 Å². The molecule has 2 aromatic rings. The van der Waals surface area contributed by atoms with Crippen molar-refractivity contribution in [2.45, 2.75) is 25.3 Å². The number of nitrogens with one attached hydrogen (secondary N) is 1. The standard InChI is InChI=1S/C19H22N2O5S/c1-14-3-5-16(6-4-14)12-21(15(2)22)10-9-20-27(23,24)17-7-8-18-19(11-17)26-13-25-18/h3-8,11,20H,9-10,12-13H2,1-2H3. The fourth-order valence-corrected chi connectivity index (χ4v) is 3.74. The largest absolute Gasteiger partial charge is 0.454 e. The highest BCUT2D eigenvalue weighted by atomic mass is 32.2. The molecule has 1 heterocycles. The fraction of sp³-hybridized carbons (Fsp3) is 0.316. The van der Waals surface area contributed by atoms with E-state index in [0.717, 1.165) is 11.1 Å². The van der Waals surface area contributed by atoms with Crippen molar-refractivity contribution < 1.29 is 22.7 Å². The third-order valence-corrected chi connectivity index (χ3v) is 5.73. The second-order valence-corrected chi connectivity index (χ2v) is 8.11. The van der Waals surface area contributed by atoms with E-state index in [1.165, 1.54) is 19.1 Å². The summed E-state index contributed by atoms with van der Waals surface area (Å²) in [4.78, 5) is 13.6. The zero-order valence-electron chi connectivity index (χ0n) is 15.3. The first-order chi connectivity index (χ1) is 12.8. The van der Waals surface area contributed by atoms with Crippen LogP contribution >= 0.6 is 0 Å². The third-order valence-electron chi connectivity index (χ3n) is 4.27. The Bertz CT molecular complexity index is 926. The number of nitrogens with zero attached hydrogens (tertiary/aromatic N) is 1. The minimum atomic E-state index is -3.71. The molecule has 0 saturated carbocycles. The number of sulfonamides is 1. The molecule has 0 aliphatic carbocycles. The molecule has 0 fully saturated rings. The fourth-order valence-electron chi connectivity index (χ4n) is 2.70. The summed E-state index contributed by atoms with van der Waals surface area (Å²) in [7, 11) is -3.71. The summed E-state index contributed by atoms with van der Waals surface area (Å²) in [6.07, 6.45) is 0. The predicted octanol–water partition coefficient (Wildman–Crippen LogP) is 2.05. The van der Waals surface area contributed by atoms with E-state index in [9.17, 15) is 13.2 Å². The average Bonchev–Trinajstić information content (AvgIpc) is 3.10. The molecule has 0 radical (unpaired) electrons. The van der Waals surface area contributed by atoms with Gasteiger partial charge in [-0.25, -0.2) is 13.1 Å². The molecule has 1 amide bonds. The first kappa shape index (κ1) is 19.2. The van der Waals surface area contributed by atoms with Crippen molar-refractivity contribution in [1.29, 1.82) is 0 Å². The van der Waals surface area contributed by atoms with Crippen molar-refractivity contribution in [3.8, 4) is 11.5 Å². The number of carbonyl (C=O) groups excluding carboxylic acids is 1. The summed E-state index contributed by atoms with van der Waals surface area (Å²) in [5.74, 6) is 0.815. The van der Waals surface area contributed by atoms with Crippen molar-refractivity contribution in [3.63, 3.8) is 0 Å². The van der Waals surface area contributed by atoms with Crippen LogP contribution in [0.1, 0.15) is 18.1 Å². The van der Waals surface area contributed by atoms with Crippen LogP contribution in [-0.4, -0.2) is 39.1 Å². The zero-order chi connectivity index (χ0) is 19.4. The van der Waals surface area contributed by atoms with Gasteiger partial charge in [0.2, 0.25) is 22.7 Å². The Hall–Kier alpha value is -2.58. The minimum absolute atomic E-state index is 0.0822. The number of rotatable bonds is 7. The normalized spacial score (nSPS) is 12.8. The van der Waals surface area contributed by atoms with E-state index in [0.29, 0.717) is 18.0 Å². The highest BCUT2D eigenvalue weighted by Crippen LogP contribution is 2.33. The van der Waals surface area contributed by atoms with E-state index in [2.05, 4.69) is 4.72 Å². The highest BCUT2D eigenvalue weighted by Gasteiger charge is 2.20. The van der Waals surface area contributed by atoms with E-state index >= 15 is 0 Å². The van der Waals surface area contributed by atoms with Gasteiger partial charge in [-0.2, -0.15) is 0 Å². The number of carbonyl (C=O) groups is 1. The lowest BCUT2D eigenvalue weighted by Gasteiger charge is -2.21. The van der Waals surface area contributed by atoms with Gasteiger partial charge in [-0.1, -0.05) is 29.8 Å². The van der Waals surface area contributed by atoms with Crippen molar-refractivity contribution in [2.75, 3.05) is 19.9 Å². The Morgan fingerprint density at radius 2 is 1.81 bits per heavy atom. The van der Waals surface area contributed by atoms with E-state index in [1.54, 1.807) is 11.0 Å². The number of amides is 1. The molecule has 3 rings (SSSR count). The molecule has 0 bridgehead atoms. The van der Waals surface area contributed by atoms with Crippen molar-refractivity contribution >= 4 is 15.9 Å². The van der Waals surface area contributed by atoms with Crippen molar-refractivity contribution in [3.05, 3.63) is 53.6 Å². The molecule has 0 atom stereocenters. The SMILES string of the molecule is CC(=O)N(CCNS(=O)(=O)c1ccc2c(c1)OCO2)Cc1ccc(C)cc1. The molecular weight excluding hydrogens is 368 g/mol. The summed E-state index contributed by atoms with van der Waals surface area (Å²) in [5.41, 5.74) is 2.14. The molecule has 0 unspecified atom stereocenters. The number of aryl methyl sites for hydroxylation is 1. The molecule has 8 heteroatoms. The van der Waals surface area contributed by atoms with Crippen LogP contribution in [0.4, 0.5) is 0 Å². The molecule has 0 spiro atoms. The van der Waals surface area contributed by atoms with Crippen molar-refractivity contribution in [2.24, 2.45) is 0 Å². The quantitative estimate of drug-likeness (QED) is 0.782. The van der Waals surface area contributed by atoms with Gasteiger partial charge in [0.1, 0.15) is 0 Å². The number of ether oxygens (including phenoxy) is 2. The number of hydrogen-bond donors (Lipinski definition) is 1. The smallest absolute Gasteiger partial charge is 0.240 e. The average molecular weight is 390 g/mol. The lowest BCUT2D eigenvalue weighted by Crippen LogP contribution is -2.37. The molecule has 0 aromatic heterocycles. The van der Waals surface area contributed by atoms with E-state index < -0.39 is 10.0 Å². The van der Waals surface area contributed by atoms with Gasteiger partial charge in [0.25, 0.3) is 0 Å². The van der Waals surface area contributed by atoms with Gasteiger partial charge in [0.15, 0.2) is 11.5 Å². The second kappa shape index (κ2) is 7.98. The minimum Gasteiger partial charge on any atom is -0.454 e. The molecule has 0 saturated heterocycles. The number of benzene rings is 2. The Morgan fingerprint density at radius 1 is 1.11 bits per heavy atom. The Morgan fingerprint density at radius 3 is 2.52 bits per heavy atom. The van der Waals surface area contributed by atoms with E-state index in [4.69, 9.17) is 9.47 Å². The number of fused-ring (bicyclic) bond motifs is 1. The van der Waals surface area contributed by atoms with E-state index in [1.807, 2.05) is 31.2 Å². The van der Waals surface area contributed by atoms with Gasteiger partial charge in [0.05, 0.1) is 4.90 Å². The van der Waals surface area contributed by atoms with Gasteiger partial charge < -0.3 is 14.4 Å². The Labute approximate surface area is 158 Å². The third kappa shape index (κ3) is 4.78. The summed E-state index contributed by atoms with van der Waals surface area (Å²) in [6, 6.07) is 12.3. The highest BCUT2D eigenvalue weighted by molar-refractivity contribution is 7.89. The van der Waals surface area contributed by atoms with Crippen LogP contribution in [0.3, 0.4) is 0 Å². The van der Waals surface area contributed by atoms with Gasteiger partial charge in [-0.3, -0.25) is 4.79 Å². The first-order valence-corrected chi connectivity index (χ1v) is 10.0. The van der Waals surface area contributed by atoms with Crippen LogP contribution in [0.15, 0.2) is 47.4 Å². The topological polar surface area (TPSA) is 84.9 Å². The summed E-state index contributed by atoms with van der Waals surface area (Å²) < 4.78 is 37.9. The molecule has 144 valence electrons. The summed E-state index contributed by atoms with van der Waals surface area (Å²) in [6.45, 7) is 4.37. The molecule has 1 aliphatic rings. The van der Waals surface area contributed by atoms with Crippen LogP contribution in [0.25, 0.3) is 0 Å². The van der Waals surface area contributed by atoms with Gasteiger partial charge >= 0.3 is 0 Å². The maximum Gasteiger partial charge on any atom is 0.240 e. The lowest BCUT2D eigenvalue weighted by molar-refractivity contribution is -0.129. The zero-order valence-corrected chi connectivity index (χ0v) is 16.1. The second-order valence-electron chi connectivity index (χ2n) is 6.34. The molecule has 27 heavy (non-hydrogen) atoms. The summed E-state index contributed by atoms with van der Waals surface area (Å²) in [5, 5.41) is 0. The maximum absolute atomic E-state index is 12.5. The van der Waals surface area contributed by atoms with Gasteiger partial charge in [-0.15, -0.1) is 0 Å². The molecule has 1 aliphatic heterocycles. The van der Waals surface area contributed by atoms with Crippen molar-refractivity contribution in [1.82, 2.24) is 9.62 Å². The molecule has 2 aromatic carbocycles.